The number of fused-ring (bicyclic) bond motifs is 1. The van der Waals surface area contributed by atoms with Gasteiger partial charge < -0.3 is 0 Å². The molecule has 103 valence electrons. The van der Waals surface area contributed by atoms with Gasteiger partial charge in [0.15, 0.2) is 0 Å². The zero-order chi connectivity index (χ0) is 14.1. The number of hydrogen-bond acceptors (Lipinski definition) is 2. The van der Waals surface area contributed by atoms with Crippen LogP contribution in [0.25, 0.3) is 20.7 Å². The first-order valence-electron chi connectivity index (χ1n) is 6.85. The van der Waals surface area contributed by atoms with Crippen LogP contribution in [0.3, 0.4) is 0 Å². The van der Waals surface area contributed by atoms with Gasteiger partial charge >= 0.3 is 0 Å². The van der Waals surface area contributed by atoms with Crippen molar-refractivity contribution in [1.29, 1.82) is 0 Å². The molecule has 1 aliphatic heterocycles. The minimum Gasteiger partial charge on any atom is -0.255 e. The predicted molar refractivity (Wildman–Crippen MR) is 94.9 cm³/mol. The first kappa shape index (κ1) is 12.9. The third-order valence-corrected chi connectivity index (χ3v) is 6.43. The van der Waals surface area contributed by atoms with E-state index in [4.69, 9.17) is 0 Å². The van der Waals surface area contributed by atoms with E-state index in [0.29, 0.717) is 0 Å². The van der Waals surface area contributed by atoms with Crippen LogP contribution in [0.15, 0.2) is 65.6 Å². The summed E-state index contributed by atoms with van der Waals surface area (Å²) < 4.78 is 1.13. The summed E-state index contributed by atoms with van der Waals surface area (Å²) in [4.78, 5) is 5.64. The highest BCUT2D eigenvalue weighted by Gasteiger charge is 2.06. The number of rotatable bonds is 3. The molecule has 2 aromatic heterocycles. The van der Waals surface area contributed by atoms with Crippen LogP contribution < -0.4 is 0 Å². The summed E-state index contributed by atoms with van der Waals surface area (Å²) in [7, 11) is -0.0751. The van der Waals surface area contributed by atoms with Crippen molar-refractivity contribution in [2.75, 3.05) is 0 Å². The van der Waals surface area contributed by atoms with Crippen molar-refractivity contribution in [1.82, 2.24) is 4.98 Å². The number of nitrogens with zero attached hydrogens (tertiary/aromatic N) is 1. The molecule has 1 nitrogen and oxygen atoms in total. The predicted octanol–water partition coefficient (Wildman–Crippen LogP) is 5.31. The van der Waals surface area contributed by atoms with Crippen molar-refractivity contribution in [2.45, 2.75) is 5.75 Å². The molecule has 0 aliphatic carbocycles. The Hall–Kier alpha value is -1.84. The maximum absolute atomic E-state index is 4.38. The Labute approximate surface area is 131 Å². The van der Waals surface area contributed by atoms with Gasteiger partial charge in [-0.15, -0.1) is 11.3 Å². The van der Waals surface area contributed by atoms with E-state index in [1.807, 2.05) is 6.07 Å². The van der Waals surface area contributed by atoms with E-state index < -0.39 is 0 Å². The van der Waals surface area contributed by atoms with Crippen LogP contribution in [-0.2, 0) is 5.75 Å². The lowest BCUT2D eigenvalue weighted by Gasteiger charge is -2.10. The SMILES string of the molecule is [c]1ccnc2cc(-c3ccc(C[SH]4C=CC=C4)cc3)sc12. The lowest BCUT2D eigenvalue weighted by Crippen LogP contribution is -1.82. The standard InChI is InChI=1S/C18H14NS2/c1-2-11-21(10-1)13-14-5-7-15(8-6-14)18-12-16-17(20-18)4-3-9-19-16/h1-3,5-12,21H,13H2. The fourth-order valence-corrected chi connectivity index (χ4v) is 4.99. The maximum atomic E-state index is 4.38. The van der Waals surface area contributed by atoms with Crippen LogP contribution >= 0.6 is 22.2 Å². The molecule has 21 heavy (non-hydrogen) atoms. The Kier molecular flexibility index (Phi) is 3.37. The summed E-state index contributed by atoms with van der Waals surface area (Å²) in [5, 5.41) is 4.63. The van der Waals surface area contributed by atoms with E-state index in [9.17, 15) is 0 Å². The zero-order valence-electron chi connectivity index (χ0n) is 11.4. The number of allylic oxidation sites excluding steroid dienone is 2. The van der Waals surface area contributed by atoms with Gasteiger partial charge in [-0.05, 0) is 34.1 Å². The third-order valence-electron chi connectivity index (χ3n) is 3.48. The molecule has 4 rings (SSSR count). The number of hydrogen-bond donors (Lipinski definition) is 1. The van der Waals surface area contributed by atoms with Gasteiger partial charge in [-0.25, -0.2) is 10.9 Å². The minimum atomic E-state index is -0.0751. The summed E-state index contributed by atoms with van der Waals surface area (Å²) in [6.45, 7) is 0. The fourth-order valence-electron chi connectivity index (χ4n) is 2.41. The number of thiophene rings is 1. The summed E-state index contributed by atoms with van der Waals surface area (Å²) in [6, 6.07) is 16.2. The molecule has 0 saturated carbocycles. The molecule has 0 amide bonds. The maximum Gasteiger partial charge on any atom is 0.0822 e. The lowest BCUT2D eigenvalue weighted by molar-refractivity contribution is 1.41. The van der Waals surface area contributed by atoms with Crippen molar-refractivity contribution in [2.24, 2.45) is 0 Å². The van der Waals surface area contributed by atoms with Gasteiger partial charge in [0.25, 0.3) is 0 Å². The molecule has 0 fully saturated rings. The first-order chi connectivity index (χ1) is 10.4. The van der Waals surface area contributed by atoms with Crippen molar-refractivity contribution in [3.63, 3.8) is 0 Å². The first-order valence-corrected chi connectivity index (χ1v) is 9.33. The number of benzene rings is 1. The number of thiol groups is 1. The second kappa shape index (κ2) is 5.51. The monoisotopic (exact) mass is 308 g/mol. The van der Waals surface area contributed by atoms with Crippen LogP contribution in [0, 0.1) is 6.07 Å². The van der Waals surface area contributed by atoms with Crippen LogP contribution in [0.2, 0.25) is 0 Å². The van der Waals surface area contributed by atoms with Gasteiger partial charge in [-0.1, -0.05) is 36.4 Å². The van der Waals surface area contributed by atoms with E-state index in [0.717, 1.165) is 16.0 Å². The molecular formula is C18H14NS2. The Morgan fingerprint density at radius 1 is 1.10 bits per heavy atom. The molecule has 3 aromatic rings. The van der Waals surface area contributed by atoms with E-state index in [1.54, 1.807) is 17.5 Å². The second-order valence-electron chi connectivity index (χ2n) is 4.97. The molecular weight excluding hydrogens is 294 g/mol. The largest absolute Gasteiger partial charge is 0.255 e. The Morgan fingerprint density at radius 2 is 1.90 bits per heavy atom. The summed E-state index contributed by atoms with van der Waals surface area (Å²) in [5.41, 5.74) is 3.71. The van der Waals surface area contributed by atoms with E-state index >= 15 is 0 Å². The molecule has 3 heterocycles. The molecule has 1 aromatic carbocycles. The Balaban J connectivity index is 1.60. The minimum absolute atomic E-state index is 0.0751. The van der Waals surface area contributed by atoms with Crippen molar-refractivity contribution >= 4 is 32.4 Å². The molecule has 0 spiro atoms. The van der Waals surface area contributed by atoms with Crippen molar-refractivity contribution in [3.05, 3.63) is 77.2 Å². The van der Waals surface area contributed by atoms with E-state index in [1.165, 1.54) is 16.0 Å². The highest BCUT2D eigenvalue weighted by atomic mass is 32.2. The topological polar surface area (TPSA) is 12.9 Å². The number of pyridine rings is 1. The Morgan fingerprint density at radius 3 is 2.67 bits per heavy atom. The van der Waals surface area contributed by atoms with Gasteiger partial charge in [0.05, 0.1) is 10.2 Å². The summed E-state index contributed by atoms with van der Waals surface area (Å²) >= 11 is 1.75. The van der Waals surface area contributed by atoms with Gasteiger partial charge in [-0.2, -0.15) is 0 Å². The third kappa shape index (κ3) is 2.67. The van der Waals surface area contributed by atoms with E-state index in [-0.39, 0.29) is 10.9 Å². The Bertz CT molecular complexity index is 783. The number of aromatic nitrogens is 1. The van der Waals surface area contributed by atoms with Gasteiger partial charge in [-0.3, -0.25) is 4.98 Å². The zero-order valence-corrected chi connectivity index (χ0v) is 13.1. The quantitative estimate of drug-likeness (QED) is 0.647. The normalized spacial score (nSPS) is 15.1. The van der Waals surface area contributed by atoms with Gasteiger partial charge in [0.2, 0.25) is 0 Å². The molecule has 0 N–H and O–H groups in total. The molecule has 3 heteroatoms. The summed E-state index contributed by atoms with van der Waals surface area (Å²) in [6.07, 6.45) is 6.11. The van der Waals surface area contributed by atoms with Crippen LogP contribution in [0.4, 0.5) is 0 Å². The van der Waals surface area contributed by atoms with E-state index in [2.05, 4.69) is 64.4 Å². The highest BCUT2D eigenvalue weighted by Crippen LogP contribution is 2.37. The van der Waals surface area contributed by atoms with Gasteiger partial charge in [0, 0.05) is 22.9 Å². The lowest BCUT2D eigenvalue weighted by atomic mass is 10.1. The molecule has 1 aliphatic rings. The van der Waals surface area contributed by atoms with Crippen molar-refractivity contribution < 1.29 is 0 Å². The highest BCUT2D eigenvalue weighted by molar-refractivity contribution is 8.21. The van der Waals surface area contributed by atoms with Crippen molar-refractivity contribution in [3.8, 4) is 10.4 Å². The fraction of sp³-hybridized carbons (Fsp3) is 0.0556. The van der Waals surface area contributed by atoms with Crippen LogP contribution in [-0.4, -0.2) is 4.98 Å². The molecule has 0 atom stereocenters. The molecule has 1 radical (unpaired) electrons. The average Bonchev–Trinajstić information content (AvgIpc) is 3.16. The molecule has 0 saturated heterocycles. The van der Waals surface area contributed by atoms with Gasteiger partial charge in [0.1, 0.15) is 0 Å². The molecule has 0 bridgehead atoms. The van der Waals surface area contributed by atoms with Crippen LogP contribution in [0.1, 0.15) is 5.56 Å². The average molecular weight is 308 g/mol. The molecule has 0 unspecified atom stereocenters. The second-order valence-corrected chi connectivity index (χ2v) is 7.96. The summed E-state index contributed by atoms with van der Waals surface area (Å²) in [5.74, 6) is 1.14. The smallest absolute Gasteiger partial charge is 0.0822 e. The van der Waals surface area contributed by atoms with Crippen LogP contribution in [0.5, 0.6) is 0 Å².